The minimum Gasteiger partial charge on any atom is -0.478 e. The molecule has 0 N–H and O–H groups in total. The van der Waals surface area contributed by atoms with Gasteiger partial charge in [-0.1, -0.05) is 60.7 Å². The van der Waals surface area contributed by atoms with Gasteiger partial charge in [0, 0.05) is 37.3 Å². The van der Waals surface area contributed by atoms with Crippen molar-refractivity contribution in [2.45, 2.75) is 13.1 Å². The van der Waals surface area contributed by atoms with Crippen LogP contribution in [-0.4, -0.2) is 36.4 Å². The Kier molecular flexibility index (Phi) is 4.33. The largest absolute Gasteiger partial charge is 0.478 e. The van der Waals surface area contributed by atoms with E-state index < -0.39 is 0 Å². The number of hydrogen-bond donors (Lipinski definition) is 0. The zero-order valence-corrected chi connectivity index (χ0v) is 16.9. The minimum absolute atomic E-state index is 0.638. The van der Waals surface area contributed by atoms with Gasteiger partial charge < -0.3 is 9.47 Å². The highest BCUT2D eigenvalue weighted by molar-refractivity contribution is 5.88. The first-order chi connectivity index (χ1) is 14.8. The summed E-state index contributed by atoms with van der Waals surface area (Å²) in [6, 6.07) is 25.6. The topological polar surface area (TPSA) is 24.9 Å². The van der Waals surface area contributed by atoms with E-state index in [1.807, 2.05) is 0 Å². The predicted molar refractivity (Wildman–Crippen MR) is 120 cm³/mol. The van der Waals surface area contributed by atoms with E-state index in [9.17, 15) is 0 Å². The number of rotatable bonds is 3. The summed E-state index contributed by atoms with van der Waals surface area (Å²) in [6.45, 7) is 5.02. The van der Waals surface area contributed by atoms with Gasteiger partial charge in [0.05, 0.1) is 0 Å². The van der Waals surface area contributed by atoms with E-state index in [0.29, 0.717) is 13.5 Å². The molecule has 2 aliphatic heterocycles. The minimum atomic E-state index is 0.638. The van der Waals surface area contributed by atoms with E-state index >= 15 is 0 Å². The normalized spacial score (nSPS) is 16.7. The maximum absolute atomic E-state index is 6.07. The van der Waals surface area contributed by atoms with Gasteiger partial charge in [0.1, 0.15) is 25.0 Å². The van der Waals surface area contributed by atoms with Crippen LogP contribution in [0.25, 0.3) is 21.5 Å². The summed E-state index contributed by atoms with van der Waals surface area (Å²) in [6.07, 6.45) is 0. The standard InChI is InChI=1S/C26H24N2O2/c1-3-7-21-19(5-1)9-11-25-23(21)15-27(17-29-25)13-14-28-16-24-22-8-4-2-6-20(22)10-12-26(24)30-18-28/h1-12H,13-18H2. The van der Waals surface area contributed by atoms with Crippen LogP contribution >= 0.6 is 0 Å². The third kappa shape index (κ3) is 3.09. The van der Waals surface area contributed by atoms with E-state index in [1.54, 1.807) is 0 Å². The van der Waals surface area contributed by atoms with E-state index in [1.165, 1.54) is 32.7 Å². The quantitative estimate of drug-likeness (QED) is 0.487. The number of nitrogens with zero attached hydrogens (tertiary/aromatic N) is 2. The fourth-order valence-electron chi connectivity index (χ4n) is 4.66. The SMILES string of the molecule is c1ccc2c3c(ccc2c1)OCN(CCN1COc2ccc4ccccc4c2C1)C3. The molecule has 4 heteroatoms. The first kappa shape index (κ1) is 17.8. The molecule has 0 fully saturated rings. The Morgan fingerprint density at radius 3 is 1.53 bits per heavy atom. The van der Waals surface area contributed by atoms with Crippen LogP contribution in [0.5, 0.6) is 11.5 Å². The molecule has 0 amide bonds. The zero-order chi connectivity index (χ0) is 19.9. The van der Waals surface area contributed by atoms with Crippen LogP contribution in [-0.2, 0) is 13.1 Å². The van der Waals surface area contributed by atoms with Gasteiger partial charge in [-0.3, -0.25) is 9.80 Å². The molecule has 0 saturated carbocycles. The number of hydrogen-bond acceptors (Lipinski definition) is 4. The number of benzene rings is 4. The van der Waals surface area contributed by atoms with Crippen molar-refractivity contribution in [1.29, 1.82) is 0 Å². The van der Waals surface area contributed by atoms with Crippen molar-refractivity contribution in [2.24, 2.45) is 0 Å². The van der Waals surface area contributed by atoms with Gasteiger partial charge in [0.15, 0.2) is 0 Å². The van der Waals surface area contributed by atoms with Crippen molar-refractivity contribution in [3.8, 4) is 11.5 Å². The van der Waals surface area contributed by atoms with E-state index in [4.69, 9.17) is 9.47 Å². The molecule has 0 radical (unpaired) electrons. The van der Waals surface area contributed by atoms with E-state index in [2.05, 4.69) is 82.6 Å². The van der Waals surface area contributed by atoms with Crippen molar-refractivity contribution in [3.05, 3.63) is 83.9 Å². The van der Waals surface area contributed by atoms with Crippen molar-refractivity contribution in [2.75, 3.05) is 26.6 Å². The Bertz CT molecular complexity index is 1140. The van der Waals surface area contributed by atoms with Crippen LogP contribution in [0, 0.1) is 0 Å². The summed E-state index contributed by atoms with van der Waals surface area (Å²) in [4.78, 5) is 4.76. The lowest BCUT2D eigenvalue weighted by molar-refractivity contribution is 0.0530. The molecule has 0 bridgehead atoms. The third-order valence-corrected chi connectivity index (χ3v) is 6.30. The monoisotopic (exact) mass is 396 g/mol. The van der Waals surface area contributed by atoms with E-state index in [0.717, 1.165) is 37.7 Å². The summed E-state index contributed by atoms with van der Waals surface area (Å²) in [5.41, 5.74) is 2.59. The molecule has 0 spiro atoms. The lowest BCUT2D eigenvalue weighted by Crippen LogP contribution is -2.41. The maximum Gasteiger partial charge on any atom is 0.142 e. The van der Waals surface area contributed by atoms with Crippen LogP contribution in [0.1, 0.15) is 11.1 Å². The zero-order valence-electron chi connectivity index (χ0n) is 16.9. The third-order valence-electron chi connectivity index (χ3n) is 6.30. The summed E-state index contributed by atoms with van der Waals surface area (Å²) in [5.74, 6) is 2.04. The molecule has 0 atom stereocenters. The highest BCUT2D eigenvalue weighted by Gasteiger charge is 2.23. The fourth-order valence-corrected chi connectivity index (χ4v) is 4.66. The van der Waals surface area contributed by atoms with E-state index in [-0.39, 0.29) is 0 Å². The predicted octanol–water partition coefficient (Wildman–Crippen LogP) is 5.00. The maximum atomic E-state index is 6.07. The van der Waals surface area contributed by atoms with Crippen LogP contribution in [0.15, 0.2) is 72.8 Å². The summed E-state index contributed by atoms with van der Waals surface area (Å²) in [5, 5.41) is 5.13. The molecule has 0 unspecified atom stereocenters. The molecule has 150 valence electrons. The van der Waals surface area contributed by atoms with Gasteiger partial charge >= 0.3 is 0 Å². The Hall–Kier alpha value is -3.08. The lowest BCUT2D eigenvalue weighted by Gasteiger charge is -2.34. The second kappa shape index (κ2) is 7.31. The number of fused-ring (bicyclic) bond motifs is 6. The molecule has 4 aromatic rings. The summed E-state index contributed by atoms with van der Waals surface area (Å²) in [7, 11) is 0. The van der Waals surface area contributed by atoms with Crippen LogP contribution < -0.4 is 9.47 Å². The highest BCUT2D eigenvalue weighted by atomic mass is 16.5. The molecule has 4 nitrogen and oxygen atoms in total. The molecule has 2 heterocycles. The molecular weight excluding hydrogens is 372 g/mol. The molecule has 4 aromatic carbocycles. The lowest BCUT2D eigenvalue weighted by atomic mass is 10.0. The second-order valence-corrected chi connectivity index (χ2v) is 8.18. The fraction of sp³-hybridized carbons (Fsp3) is 0.231. The van der Waals surface area contributed by atoms with Crippen molar-refractivity contribution in [3.63, 3.8) is 0 Å². The summed E-state index contributed by atoms with van der Waals surface area (Å²) < 4.78 is 12.1. The van der Waals surface area contributed by atoms with Crippen LogP contribution in [0.3, 0.4) is 0 Å². The highest BCUT2D eigenvalue weighted by Crippen LogP contribution is 2.33. The molecule has 0 aliphatic carbocycles. The van der Waals surface area contributed by atoms with Gasteiger partial charge in [-0.05, 0) is 33.7 Å². The first-order valence-electron chi connectivity index (χ1n) is 10.6. The molecular formula is C26H24N2O2. The van der Waals surface area contributed by atoms with Gasteiger partial charge in [0.25, 0.3) is 0 Å². The van der Waals surface area contributed by atoms with Gasteiger partial charge in [-0.25, -0.2) is 0 Å². The molecule has 0 aromatic heterocycles. The van der Waals surface area contributed by atoms with Crippen molar-refractivity contribution < 1.29 is 9.47 Å². The average molecular weight is 396 g/mol. The van der Waals surface area contributed by atoms with Gasteiger partial charge in [-0.2, -0.15) is 0 Å². The first-order valence-corrected chi connectivity index (χ1v) is 10.6. The Labute approximate surface area is 176 Å². The van der Waals surface area contributed by atoms with Crippen LogP contribution in [0.4, 0.5) is 0 Å². The molecule has 0 saturated heterocycles. The van der Waals surface area contributed by atoms with Crippen molar-refractivity contribution in [1.82, 2.24) is 9.80 Å². The second-order valence-electron chi connectivity index (χ2n) is 8.18. The average Bonchev–Trinajstić information content (AvgIpc) is 2.82. The molecule has 30 heavy (non-hydrogen) atoms. The van der Waals surface area contributed by atoms with Gasteiger partial charge in [0.2, 0.25) is 0 Å². The Morgan fingerprint density at radius 1 is 0.567 bits per heavy atom. The number of ether oxygens (including phenoxy) is 2. The molecule has 6 rings (SSSR count). The van der Waals surface area contributed by atoms with Crippen LogP contribution in [0.2, 0.25) is 0 Å². The molecule has 2 aliphatic rings. The Balaban J connectivity index is 1.17. The van der Waals surface area contributed by atoms with Gasteiger partial charge in [-0.15, -0.1) is 0 Å². The summed E-state index contributed by atoms with van der Waals surface area (Å²) >= 11 is 0. The Morgan fingerprint density at radius 2 is 1.03 bits per heavy atom. The van der Waals surface area contributed by atoms with Crippen molar-refractivity contribution >= 4 is 21.5 Å². The smallest absolute Gasteiger partial charge is 0.142 e.